The fraction of sp³-hybridized carbons (Fsp3) is 0.625. The molecule has 0 rings (SSSR count). The summed E-state index contributed by atoms with van der Waals surface area (Å²) < 4.78 is 0. The maximum Gasteiger partial charge on any atom is 0.130 e. The van der Waals surface area contributed by atoms with E-state index in [0.717, 1.165) is 6.42 Å². The summed E-state index contributed by atoms with van der Waals surface area (Å²) in [5.74, 6) is 0.178. The molecule has 0 spiro atoms. The van der Waals surface area contributed by atoms with E-state index < -0.39 is 0 Å². The van der Waals surface area contributed by atoms with Gasteiger partial charge in [-0.25, -0.2) is 0 Å². The van der Waals surface area contributed by atoms with E-state index in [2.05, 4.69) is 6.58 Å². The minimum absolute atomic E-state index is 0.0440. The Morgan fingerprint density at radius 2 is 2.20 bits per heavy atom. The number of ketones is 1. The second kappa shape index (κ2) is 4.09. The molecule has 0 fully saturated rings. The molecule has 0 aromatic carbocycles. The SMILES string of the molecule is C=C(O)C(CC)CC(C)=O. The lowest BCUT2D eigenvalue weighted by Crippen LogP contribution is -2.06. The van der Waals surface area contributed by atoms with Crippen molar-refractivity contribution in [3.05, 3.63) is 12.3 Å². The van der Waals surface area contributed by atoms with Crippen LogP contribution in [-0.2, 0) is 4.79 Å². The van der Waals surface area contributed by atoms with Crippen LogP contribution in [0.2, 0.25) is 0 Å². The van der Waals surface area contributed by atoms with Gasteiger partial charge in [-0.2, -0.15) is 0 Å². The highest BCUT2D eigenvalue weighted by atomic mass is 16.3. The molecule has 0 amide bonds. The Balaban J connectivity index is 3.83. The van der Waals surface area contributed by atoms with Crippen molar-refractivity contribution < 1.29 is 9.90 Å². The van der Waals surface area contributed by atoms with Gasteiger partial charge in [0.05, 0.1) is 5.76 Å². The lowest BCUT2D eigenvalue weighted by Gasteiger charge is -2.09. The third-order valence-corrected chi connectivity index (χ3v) is 1.50. The van der Waals surface area contributed by atoms with Gasteiger partial charge in [-0.1, -0.05) is 13.5 Å². The van der Waals surface area contributed by atoms with Gasteiger partial charge in [-0.15, -0.1) is 0 Å². The molecule has 1 N–H and O–H groups in total. The minimum atomic E-state index is -0.0440. The second-order valence-electron chi connectivity index (χ2n) is 2.50. The van der Waals surface area contributed by atoms with Crippen molar-refractivity contribution in [1.29, 1.82) is 0 Å². The van der Waals surface area contributed by atoms with Gasteiger partial charge < -0.3 is 9.90 Å². The molecule has 1 atom stereocenters. The first kappa shape index (κ1) is 9.21. The highest BCUT2D eigenvalue weighted by Crippen LogP contribution is 2.14. The van der Waals surface area contributed by atoms with Gasteiger partial charge in [0.15, 0.2) is 0 Å². The first-order valence-electron chi connectivity index (χ1n) is 3.45. The van der Waals surface area contributed by atoms with E-state index in [1.54, 1.807) is 0 Å². The number of rotatable bonds is 4. The third kappa shape index (κ3) is 3.28. The molecule has 0 bridgehead atoms. The number of aliphatic hydroxyl groups excluding tert-OH is 1. The molecule has 2 heteroatoms. The Morgan fingerprint density at radius 3 is 2.30 bits per heavy atom. The maximum atomic E-state index is 10.6. The van der Waals surface area contributed by atoms with Gasteiger partial charge in [0.2, 0.25) is 0 Å². The maximum absolute atomic E-state index is 10.6. The molecule has 0 radical (unpaired) electrons. The number of carbonyl (C=O) groups excluding carboxylic acids is 1. The number of allylic oxidation sites excluding steroid dienone is 1. The topological polar surface area (TPSA) is 37.3 Å². The number of carbonyl (C=O) groups is 1. The Morgan fingerprint density at radius 1 is 1.70 bits per heavy atom. The number of aliphatic hydroxyl groups is 1. The lowest BCUT2D eigenvalue weighted by atomic mass is 9.99. The Kier molecular flexibility index (Phi) is 3.77. The van der Waals surface area contributed by atoms with E-state index in [1.807, 2.05) is 6.92 Å². The minimum Gasteiger partial charge on any atom is -0.513 e. The molecule has 0 aliphatic heterocycles. The first-order chi connectivity index (χ1) is 4.57. The smallest absolute Gasteiger partial charge is 0.130 e. The van der Waals surface area contributed by atoms with Crippen molar-refractivity contribution in [2.75, 3.05) is 0 Å². The van der Waals surface area contributed by atoms with Crippen LogP contribution in [0.3, 0.4) is 0 Å². The summed E-state index contributed by atoms with van der Waals surface area (Å²) in [6.45, 7) is 6.83. The average molecular weight is 142 g/mol. The largest absolute Gasteiger partial charge is 0.513 e. The van der Waals surface area contributed by atoms with Gasteiger partial charge in [0.25, 0.3) is 0 Å². The van der Waals surface area contributed by atoms with Crippen molar-refractivity contribution >= 4 is 5.78 Å². The predicted octanol–water partition coefficient (Wildman–Crippen LogP) is 2.06. The summed E-state index contributed by atoms with van der Waals surface area (Å²) >= 11 is 0. The van der Waals surface area contributed by atoms with Crippen LogP contribution in [0.4, 0.5) is 0 Å². The van der Waals surface area contributed by atoms with Crippen LogP contribution in [0, 0.1) is 5.92 Å². The van der Waals surface area contributed by atoms with E-state index in [-0.39, 0.29) is 17.5 Å². The Labute approximate surface area is 61.6 Å². The Hall–Kier alpha value is -0.790. The quantitative estimate of drug-likeness (QED) is 0.610. The molecule has 0 saturated heterocycles. The van der Waals surface area contributed by atoms with Crippen molar-refractivity contribution in [2.45, 2.75) is 26.7 Å². The van der Waals surface area contributed by atoms with E-state index in [1.165, 1.54) is 6.92 Å². The zero-order valence-electron chi connectivity index (χ0n) is 6.55. The normalized spacial score (nSPS) is 12.6. The van der Waals surface area contributed by atoms with Gasteiger partial charge in [0.1, 0.15) is 5.78 Å². The second-order valence-corrected chi connectivity index (χ2v) is 2.50. The van der Waals surface area contributed by atoms with Crippen LogP contribution >= 0.6 is 0 Å². The molecular formula is C8H14O2. The highest BCUT2D eigenvalue weighted by Gasteiger charge is 2.10. The summed E-state index contributed by atoms with van der Waals surface area (Å²) in [6, 6.07) is 0. The molecule has 0 aliphatic carbocycles. The van der Waals surface area contributed by atoms with Crippen molar-refractivity contribution in [3.63, 3.8) is 0 Å². The fourth-order valence-electron chi connectivity index (χ4n) is 0.845. The fourth-order valence-corrected chi connectivity index (χ4v) is 0.845. The molecule has 0 aliphatic rings. The van der Waals surface area contributed by atoms with Crippen molar-refractivity contribution in [3.8, 4) is 0 Å². The molecule has 0 saturated carbocycles. The highest BCUT2D eigenvalue weighted by molar-refractivity contribution is 5.75. The zero-order chi connectivity index (χ0) is 8.15. The van der Waals surface area contributed by atoms with Crippen LogP contribution in [0.5, 0.6) is 0 Å². The predicted molar refractivity (Wildman–Crippen MR) is 40.8 cm³/mol. The average Bonchev–Trinajstić information content (AvgIpc) is 1.81. The zero-order valence-corrected chi connectivity index (χ0v) is 6.55. The van der Waals surface area contributed by atoms with Crippen LogP contribution in [0.25, 0.3) is 0 Å². The number of hydrogen-bond donors (Lipinski definition) is 1. The van der Waals surface area contributed by atoms with E-state index in [4.69, 9.17) is 5.11 Å². The summed E-state index contributed by atoms with van der Waals surface area (Å²) in [4.78, 5) is 10.6. The molecule has 0 heterocycles. The summed E-state index contributed by atoms with van der Waals surface area (Å²) in [6.07, 6.45) is 1.18. The van der Waals surface area contributed by atoms with Crippen LogP contribution in [0.15, 0.2) is 12.3 Å². The molecular weight excluding hydrogens is 128 g/mol. The van der Waals surface area contributed by atoms with E-state index in [9.17, 15) is 4.79 Å². The Bertz CT molecular complexity index is 138. The van der Waals surface area contributed by atoms with Crippen LogP contribution in [0.1, 0.15) is 26.7 Å². The first-order valence-corrected chi connectivity index (χ1v) is 3.45. The molecule has 0 aromatic heterocycles. The standard InChI is InChI=1S/C8H14O2/c1-4-8(7(3)10)5-6(2)9/h8,10H,3-5H2,1-2H3. The summed E-state index contributed by atoms with van der Waals surface area (Å²) in [7, 11) is 0. The summed E-state index contributed by atoms with van der Waals surface area (Å²) in [5, 5.41) is 8.91. The number of Topliss-reactive ketones (excluding diaryl/α,β-unsaturated/α-hetero) is 1. The van der Waals surface area contributed by atoms with Crippen molar-refractivity contribution in [2.24, 2.45) is 5.92 Å². The number of hydrogen-bond acceptors (Lipinski definition) is 2. The van der Waals surface area contributed by atoms with Gasteiger partial charge >= 0.3 is 0 Å². The molecule has 1 unspecified atom stereocenters. The summed E-state index contributed by atoms with van der Waals surface area (Å²) in [5.41, 5.74) is 0. The van der Waals surface area contributed by atoms with Crippen LogP contribution in [-0.4, -0.2) is 10.9 Å². The molecule has 2 nitrogen and oxygen atoms in total. The molecule has 0 aromatic rings. The lowest BCUT2D eigenvalue weighted by molar-refractivity contribution is -0.117. The van der Waals surface area contributed by atoms with Gasteiger partial charge in [-0.05, 0) is 13.3 Å². The third-order valence-electron chi connectivity index (χ3n) is 1.50. The van der Waals surface area contributed by atoms with Crippen LogP contribution < -0.4 is 0 Å². The van der Waals surface area contributed by atoms with E-state index in [0.29, 0.717) is 6.42 Å². The van der Waals surface area contributed by atoms with Crippen molar-refractivity contribution in [1.82, 2.24) is 0 Å². The molecule has 10 heavy (non-hydrogen) atoms. The van der Waals surface area contributed by atoms with Gasteiger partial charge in [0, 0.05) is 12.3 Å². The monoisotopic (exact) mass is 142 g/mol. The molecule has 58 valence electrons. The van der Waals surface area contributed by atoms with E-state index >= 15 is 0 Å². The van der Waals surface area contributed by atoms with Gasteiger partial charge in [-0.3, -0.25) is 0 Å².